The number of nitrogens with one attached hydrogen (secondary N) is 2. The van der Waals surface area contributed by atoms with Crippen LogP contribution < -0.4 is 22.3 Å². The third kappa shape index (κ3) is 5.80. The Morgan fingerprint density at radius 2 is 1.82 bits per heavy atom. The molecule has 3 rings (SSSR count). The minimum absolute atomic E-state index is 0.0265. The lowest BCUT2D eigenvalue weighted by atomic mass is 10.0. The second-order valence-electron chi connectivity index (χ2n) is 7.61. The maximum Gasteiger partial charge on any atom is 0.328 e. The molecule has 33 heavy (non-hydrogen) atoms. The molecule has 0 aliphatic heterocycles. The molecule has 10 heteroatoms. The molecule has 1 aromatic heterocycles. The molecule has 0 aliphatic rings. The average Bonchev–Trinajstić information content (AvgIpc) is 2.80. The first-order valence-corrected chi connectivity index (χ1v) is 10.5. The van der Waals surface area contributed by atoms with Gasteiger partial charge in [0.1, 0.15) is 5.69 Å². The van der Waals surface area contributed by atoms with Crippen LogP contribution in [-0.4, -0.2) is 20.4 Å². The monoisotopic (exact) mass is 451 g/mol. The third-order valence-corrected chi connectivity index (χ3v) is 5.14. The number of H-pyrrole nitrogens is 1. The minimum atomic E-state index is -0.673. The van der Waals surface area contributed by atoms with Gasteiger partial charge in [0.25, 0.3) is 11.2 Å². The van der Waals surface area contributed by atoms with Crippen LogP contribution in [0.15, 0.2) is 64.2 Å². The fourth-order valence-corrected chi connectivity index (χ4v) is 3.47. The van der Waals surface area contributed by atoms with Crippen molar-refractivity contribution in [3.8, 4) is 0 Å². The van der Waals surface area contributed by atoms with Gasteiger partial charge in [-0.15, -0.1) is 0 Å². The minimum Gasteiger partial charge on any atom is -0.324 e. The Bertz CT molecular complexity index is 1250. The summed E-state index contributed by atoms with van der Waals surface area (Å²) in [5, 5.41) is 13.5. The second kappa shape index (κ2) is 10.5. The van der Waals surface area contributed by atoms with Gasteiger partial charge in [0.2, 0.25) is 5.91 Å². The fourth-order valence-electron chi connectivity index (χ4n) is 3.47. The SMILES string of the molecule is CCCn1c(=O)[nH]c(CC(N)c2ccc([N+](=O)[O-])cc2)c(NC(=O)Cc2ccccc2)c1=O. The van der Waals surface area contributed by atoms with E-state index in [1.165, 1.54) is 24.3 Å². The fraction of sp³-hybridized carbons (Fsp3) is 0.261. The van der Waals surface area contributed by atoms with Gasteiger partial charge in [0.15, 0.2) is 0 Å². The molecule has 1 amide bonds. The molecule has 172 valence electrons. The Morgan fingerprint density at radius 3 is 2.42 bits per heavy atom. The topological polar surface area (TPSA) is 153 Å². The van der Waals surface area contributed by atoms with Crippen molar-refractivity contribution in [2.45, 2.75) is 38.8 Å². The van der Waals surface area contributed by atoms with Crippen LogP contribution >= 0.6 is 0 Å². The standard InChI is InChI=1S/C23H25N5O5/c1-2-12-27-22(30)21(26-20(29)13-15-6-4-3-5-7-15)19(25-23(27)31)14-18(24)16-8-10-17(11-9-16)28(32)33/h3-11,18H,2,12-14,24H2,1H3,(H,25,31)(H,26,29). The normalized spacial score (nSPS) is 11.7. The number of amides is 1. The van der Waals surface area contributed by atoms with Crippen molar-refractivity contribution in [1.82, 2.24) is 9.55 Å². The molecule has 0 aliphatic carbocycles. The van der Waals surface area contributed by atoms with Gasteiger partial charge in [-0.2, -0.15) is 0 Å². The second-order valence-corrected chi connectivity index (χ2v) is 7.61. The summed E-state index contributed by atoms with van der Waals surface area (Å²) in [6.07, 6.45) is 0.652. The quantitative estimate of drug-likeness (QED) is 0.335. The van der Waals surface area contributed by atoms with Crippen LogP contribution in [0.25, 0.3) is 0 Å². The number of benzene rings is 2. The van der Waals surface area contributed by atoms with E-state index >= 15 is 0 Å². The number of anilines is 1. The summed E-state index contributed by atoms with van der Waals surface area (Å²) in [4.78, 5) is 51.2. The first-order valence-electron chi connectivity index (χ1n) is 10.5. The Labute approximate surface area is 189 Å². The van der Waals surface area contributed by atoms with Gasteiger partial charge in [-0.25, -0.2) is 4.79 Å². The van der Waals surface area contributed by atoms with E-state index in [0.29, 0.717) is 12.0 Å². The van der Waals surface area contributed by atoms with Gasteiger partial charge in [0, 0.05) is 31.1 Å². The largest absolute Gasteiger partial charge is 0.328 e. The maximum atomic E-state index is 13.0. The van der Waals surface area contributed by atoms with E-state index in [4.69, 9.17) is 5.73 Å². The molecule has 1 heterocycles. The number of aromatic nitrogens is 2. The van der Waals surface area contributed by atoms with Crippen molar-refractivity contribution < 1.29 is 9.72 Å². The zero-order valence-electron chi connectivity index (χ0n) is 18.1. The Hall–Kier alpha value is -4.05. The molecule has 0 spiro atoms. The van der Waals surface area contributed by atoms with Crippen LogP contribution in [0.3, 0.4) is 0 Å². The van der Waals surface area contributed by atoms with Gasteiger partial charge in [-0.3, -0.25) is 24.3 Å². The van der Waals surface area contributed by atoms with Crippen LogP contribution in [0.5, 0.6) is 0 Å². The first-order chi connectivity index (χ1) is 15.8. The number of carbonyl (C=O) groups excluding carboxylic acids is 1. The molecule has 4 N–H and O–H groups in total. The Kier molecular flexibility index (Phi) is 7.52. The molecule has 1 unspecified atom stereocenters. The average molecular weight is 451 g/mol. The molecule has 0 saturated heterocycles. The molecular formula is C23H25N5O5. The Morgan fingerprint density at radius 1 is 1.15 bits per heavy atom. The molecule has 0 bridgehead atoms. The summed E-state index contributed by atoms with van der Waals surface area (Å²) in [5.74, 6) is -0.404. The number of hydrogen-bond acceptors (Lipinski definition) is 6. The highest BCUT2D eigenvalue weighted by Gasteiger charge is 2.19. The van der Waals surface area contributed by atoms with Gasteiger partial charge in [-0.05, 0) is 17.5 Å². The summed E-state index contributed by atoms with van der Waals surface area (Å²) >= 11 is 0. The van der Waals surface area contributed by atoms with Crippen molar-refractivity contribution in [2.75, 3.05) is 5.32 Å². The third-order valence-electron chi connectivity index (χ3n) is 5.14. The van der Waals surface area contributed by atoms with Crippen molar-refractivity contribution >= 4 is 17.3 Å². The molecule has 3 aromatic rings. The number of nitro groups is 1. The van der Waals surface area contributed by atoms with E-state index in [0.717, 1.165) is 10.1 Å². The van der Waals surface area contributed by atoms with Crippen LogP contribution in [0.2, 0.25) is 0 Å². The number of nitrogens with two attached hydrogens (primary N) is 1. The number of nitrogens with zero attached hydrogens (tertiary/aromatic N) is 2. The van der Waals surface area contributed by atoms with Crippen LogP contribution in [0.1, 0.15) is 36.2 Å². The summed E-state index contributed by atoms with van der Waals surface area (Å²) in [6, 6.07) is 14.1. The summed E-state index contributed by atoms with van der Waals surface area (Å²) in [7, 11) is 0. The lowest BCUT2D eigenvalue weighted by molar-refractivity contribution is -0.384. The maximum absolute atomic E-state index is 13.0. The highest BCUT2D eigenvalue weighted by atomic mass is 16.6. The molecule has 0 saturated carbocycles. The summed E-state index contributed by atoms with van der Waals surface area (Å²) in [6.45, 7) is 2.03. The van der Waals surface area contributed by atoms with Crippen molar-refractivity contribution in [2.24, 2.45) is 5.73 Å². The van der Waals surface area contributed by atoms with E-state index in [-0.39, 0.29) is 36.5 Å². The molecule has 10 nitrogen and oxygen atoms in total. The van der Waals surface area contributed by atoms with Gasteiger partial charge < -0.3 is 16.0 Å². The van der Waals surface area contributed by atoms with E-state index in [1.807, 2.05) is 25.1 Å². The lowest BCUT2D eigenvalue weighted by Gasteiger charge is -2.17. The van der Waals surface area contributed by atoms with E-state index in [9.17, 15) is 24.5 Å². The van der Waals surface area contributed by atoms with Gasteiger partial charge in [-0.1, -0.05) is 49.4 Å². The van der Waals surface area contributed by atoms with Gasteiger partial charge >= 0.3 is 5.69 Å². The number of aromatic amines is 1. The molecular weight excluding hydrogens is 426 g/mol. The zero-order chi connectivity index (χ0) is 24.0. The number of rotatable bonds is 9. The van der Waals surface area contributed by atoms with Crippen LogP contribution in [-0.2, 0) is 24.2 Å². The number of carbonyl (C=O) groups is 1. The van der Waals surface area contributed by atoms with E-state index in [2.05, 4.69) is 10.3 Å². The van der Waals surface area contributed by atoms with Crippen molar-refractivity contribution in [1.29, 1.82) is 0 Å². The van der Waals surface area contributed by atoms with Gasteiger partial charge in [0.05, 0.1) is 17.0 Å². The number of nitro benzene ring substituents is 1. The summed E-state index contributed by atoms with van der Waals surface area (Å²) in [5.41, 5.74) is 6.52. The molecule has 1 atom stereocenters. The van der Waals surface area contributed by atoms with Crippen molar-refractivity contribution in [3.63, 3.8) is 0 Å². The predicted molar refractivity (Wildman–Crippen MR) is 124 cm³/mol. The Balaban J connectivity index is 1.92. The lowest BCUT2D eigenvalue weighted by Crippen LogP contribution is -2.39. The summed E-state index contributed by atoms with van der Waals surface area (Å²) < 4.78 is 1.04. The molecule has 0 radical (unpaired) electrons. The van der Waals surface area contributed by atoms with Crippen LogP contribution in [0, 0.1) is 10.1 Å². The molecule has 0 fully saturated rings. The first kappa shape index (κ1) is 23.6. The van der Waals surface area contributed by atoms with Crippen molar-refractivity contribution in [3.05, 3.63) is 102 Å². The molecule has 2 aromatic carbocycles. The smallest absolute Gasteiger partial charge is 0.324 e. The number of non-ortho nitro benzene ring substituents is 1. The van der Waals surface area contributed by atoms with E-state index in [1.54, 1.807) is 12.1 Å². The van der Waals surface area contributed by atoms with Crippen LogP contribution in [0.4, 0.5) is 11.4 Å². The zero-order valence-corrected chi connectivity index (χ0v) is 18.1. The highest BCUT2D eigenvalue weighted by Crippen LogP contribution is 2.21. The highest BCUT2D eigenvalue weighted by molar-refractivity contribution is 5.92. The number of hydrogen-bond donors (Lipinski definition) is 3. The van der Waals surface area contributed by atoms with E-state index < -0.39 is 28.1 Å². The predicted octanol–water partition coefficient (Wildman–Crippen LogP) is 2.28.